The van der Waals surface area contributed by atoms with Crippen molar-refractivity contribution in [3.8, 4) is 0 Å². The second-order valence-corrected chi connectivity index (χ2v) is 9.59. The molecule has 2 aromatic carbocycles. The minimum Gasteiger partial charge on any atom is -0.228 e. The van der Waals surface area contributed by atoms with E-state index in [2.05, 4.69) is 9.97 Å². The third-order valence-electron chi connectivity index (χ3n) is 4.53. The number of para-hydroxylation sites is 1. The average Bonchev–Trinajstić information content (AvgIpc) is 3.43. The van der Waals surface area contributed by atoms with Gasteiger partial charge in [0.1, 0.15) is 0 Å². The third kappa shape index (κ3) is 3.70. The molecule has 1 aliphatic rings. The summed E-state index contributed by atoms with van der Waals surface area (Å²) in [5.74, 6) is -0.0182. The molecule has 0 bridgehead atoms. The first-order valence-corrected chi connectivity index (χ1v) is 10.8. The molecule has 7 heteroatoms. The first-order valence-electron chi connectivity index (χ1n) is 8.32. The minimum atomic E-state index is -3.12. The van der Waals surface area contributed by atoms with Crippen LogP contribution in [-0.2, 0) is 22.0 Å². The maximum atomic E-state index is 12.3. The van der Waals surface area contributed by atoms with E-state index in [4.69, 9.17) is 23.2 Å². The molecule has 1 saturated carbocycles. The fraction of sp³-hybridized carbons (Fsp3) is 0.263. The second kappa shape index (κ2) is 6.80. The predicted molar refractivity (Wildman–Crippen MR) is 104 cm³/mol. The third-order valence-corrected chi connectivity index (χ3v) is 7.26. The van der Waals surface area contributed by atoms with Gasteiger partial charge in [0.2, 0.25) is 5.28 Å². The van der Waals surface area contributed by atoms with Gasteiger partial charge in [0, 0.05) is 16.8 Å². The van der Waals surface area contributed by atoms with Crippen molar-refractivity contribution >= 4 is 43.9 Å². The van der Waals surface area contributed by atoms with E-state index in [0.717, 1.165) is 35.0 Å². The number of nitrogens with zero attached hydrogens (tertiary/aromatic N) is 2. The van der Waals surface area contributed by atoms with Crippen LogP contribution in [0.5, 0.6) is 0 Å². The van der Waals surface area contributed by atoms with Crippen LogP contribution in [0.4, 0.5) is 0 Å². The zero-order chi connectivity index (χ0) is 18.3. The highest BCUT2D eigenvalue weighted by atomic mass is 35.5. The van der Waals surface area contributed by atoms with Crippen LogP contribution in [0.3, 0.4) is 0 Å². The maximum absolute atomic E-state index is 12.3. The fourth-order valence-electron chi connectivity index (χ4n) is 3.05. The smallest absolute Gasteiger partial charge is 0.223 e. The highest BCUT2D eigenvalue weighted by molar-refractivity contribution is 7.91. The van der Waals surface area contributed by atoms with E-state index in [0.29, 0.717) is 17.0 Å². The summed E-state index contributed by atoms with van der Waals surface area (Å²) in [5, 5.41) is 1.40. The van der Waals surface area contributed by atoms with E-state index in [1.807, 2.05) is 36.4 Å². The Morgan fingerprint density at radius 1 is 1.04 bits per heavy atom. The van der Waals surface area contributed by atoms with Gasteiger partial charge in [0.05, 0.1) is 22.2 Å². The van der Waals surface area contributed by atoms with Gasteiger partial charge < -0.3 is 0 Å². The van der Waals surface area contributed by atoms with Crippen LogP contribution in [0, 0.1) is 0 Å². The van der Waals surface area contributed by atoms with E-state index in [1.54, 1.807) is 6.07 Å². The van der Waals surface area contributed by atoms with Gasteiger partial charge in [0.25, 0.3) is 0 Å². The van der Waals surface area contributed by atoms with Crippen molar-refractivity contribution < 1.29 is 8.42 Å². The minimum absolute atomic E-state index is 0.0182. The molecule has 0 N–H and O–H groups in total. The van der Waals surface area contributed by atoms with Crippen molar-refractivity contribution in [3.63, 3.8) is 0 Å². The van der Waals surface area contributed by atoms with Crippen molar-refractivity contribution in [3.05, 3.63) is 69.6 Å². The molecule has 1 aromatic heterocycles. The number of aromatic nitrogens is 2. The molecular formula is C19H16Cl2N2O2S. The summed E-state index contributed by atoms with van der Waals surface area (Å²) >= 11 is 12.3. The van der Waals surface area contributed by atoms with Gasteiger partial charge in [-0.15, -0.1) is 0 Å². The standard InChI is InChI=1S/C19H16Cl2N2O2S/c20-16-8-5-12(9-13(16)11-26(24,25)14-6-7-14)10-18-15-3-1-2-4-17(15)22-19(21)23-18/h1-5,8-9,14H,6-7,10-11H2. The Labute approximate surface area is 162 Å². The van der Waals surface area contributed by atoms with Crippen LogP contribution in [0.2, 0.25) is 10.3 Å². The highest BCUT2D eigenvalue weighted by Gasteiger charge is 2.35. The lowest BCUT2D eigenvalue weighted by molar-refractivity contribution is 0.594. The molecule has 0 radical (unpaired) electrons. The number of halogens is 2. The van der Waals surface area contributed by atoms with Gasteiger partial charge in [-0.3, -0.25) is 0 Å². The number of hydrogen-bond acceptors (Lipinski definition) is 4. The zero-order valence-electron chi connectivity index (χ0n) is 13.8. The summed E-state index contributed by atoms with van der Waals surface area (Å²) in [4.78, 5) is 8.60. The zero-order valence-corrected chi connectivity index (χ0v) is 16.2. The summed E-state index contributed by atoms with van der Waals surface area (Å²) in [5.41, 5.74) is 3.17. The molecule has 0 aliphatic heterocycles. The molecule has 1 heterocycles. The molecule has 1 fully saturated rings. The maximum Gasteiger partial charge on any atom is 0.223 e. The van der Waals surface area contributed by atoms with E-state index in [-0.39, 0.29) is 16.3 Å². The number of rotatable bonds is 5. The van der Waals surface area contributed by atoms with Crippen molar-refractivity contribution in [1.29, 1.82) is 0 Å². The summed E-state index contributed by atoms with van der Waals surface area (Å²) in [6, 6.07) is 13.2. The molecule has 0 atom stereocenters. The van der Waals surface area contributed by atoms with Gasteiger partial charge in [-0.05, 0) is 47.7 Å². The van der Waals surface area contributed by atoms with Crippen molar-refractivity contribution in [2.75, 3.05) is 0 Å². The normalized spacial score (nSPS) is 14.7. The number of fused-ring (bicyclic) bond motifs is 1. The van der Waals surface area contributed by atoms with Crippen molar-refractivity contribution in [1.82, 2.24) is 9.97 Å². The molecule has 1 aliphatic carbocycles. The summed E-state index contributed by atoms with van der Waals surface area (Å²) in [7, 11) is -3.12. The Balaban J connectivity index is 1.68. The Bertz CT molecular complexity index is 1100. The van der Waals surface area contributed by atoms with Gasteiger partial charge in [0.15, 0.2) is 9.84 Å². The van der Waals surface area contributed by atoms with E-state index < -0.39 is 9.84 Å². The Kier molecular flexibility index (Phi) is 4.63. The second-order valence-electron chi connectivity index (χ2n) is 6.57. The van der Waals surface area contributed by atoms with Gasteiger partial charge in [-0.2, -0.15) is 0 Å². The molecule has 4 nitrogen and oxygen atoms in total. The Morgan fingerprint density at radius 3 is 2.58 bits per heavy atom. The Hall–Kier alpha value is -1.69. The van der Waals surface area contributed by atoms with Gasteiger partial charge in [-0.25, -0.2) is 18.4 Å². The molecular weight excluding hydrogens is 391 g/mol. The first kappa shape index (κ1) is 17.7. The van der Waals surface area contributed by atoms with Crippen LogP contribution < -0.4 is 0 Å². The number of benzene rings is 2. The molecule has 134 valence electrons. The van der Waals surface area contributed by atoms with Crippen molar-refractivity contribution in [2.45, 2.75) is 30.3 Å². The van der Waals surface area contributed by atoms with Crippen LogP contribution in [0.25, 0.3) is 10.9 Å². The largest absolute Gasteiger partial charge is 0.228 e. The average molecular weight is 407 g/mol. The number of hydrogen-bond donors (Lipinski definition) is 0. The summed E-state index contributed by atoms with van der Waals surface area (Å²) in [6.45, 7) is 0. The van der Waals surface area contributed by atoms with Gasteiger partial charge in [-0.1, -0.05) is 41.9 Å². The van der Waals surface area contributed by atoms with Gasteiger partial charge >= 0.3 is 0 Å². The van der Waals surface area contributed by atoms with E-state index in [9.17, 15) is 8.42 Å². The SMILES string of the molecule is O=S(=O)(Cc1cc(Cc2nc(Cl)nc3ccccc23)ccc1Cl)C1CC1. The quantitative estimate of drug-likeness (QED) is 0.580. The molecule has 0 unspecified atom stereocenters. The van der Waals surface area contributed by atoms with E-state index in [1.165, 1.54) is 0 Å². The molecule has 0 amide bonds. The lowest BCUT2D eigenvalue weighted by Crippen LogP contribution is -2.10. The molecule has 0 saturated heterocycles. The van der Waals surface area contributed by atoms with Crippen LogP contribution in [0.15, 0.2) is 42.5 Å². The Morgan fingerprint density at radius 2 is 1.81 bits per heavy atom. The van der Waals surface area contributed by atoms with Crippen LogP contribution >= 0.6 is 23.2 Å². The van der Waals surface area contributed by atoms with E-state index >= 15 is 0 Å². The molecule has 26 heavy (non-hydrogen) atoms. The number of sulfone groups is 1. The molecule has 4 rings (SSSR count). The molecule has 3 aromatic rings. The van der Waals surface area contributed by atoms with Crippen LogP contribution in [0.1, 0.15) is 29.7 Å². The topological polar surface area (TPSA) is 59.9 Å². The summed E-state index contributed by atoms with van der Waals surface area (Å²) in [6.07, 6.45) is 2.03. The van der Waals surface area contributed by atoms with Crippen LogP contribution in [-0.4, -0.2) is 23.6 Å². The highest BCUT2D eigenvalue weighted by Crippen LogP contribution is 2.33. The lowest BCUT2D eigenvalue weighted by Gasteiger charge is -2.10. The predicted octanol–water partition coefficient (Wildman–Crippen LogP) is 4.60. The van der Waals surface area contributed by atoms with Crippen molar-refractivity contribution in [2.24, 2.45) is 0 Å². The lowest BCUT2D eigenvalue weighted by atomic mass is 10.0. The molecule has 0 spiro atoms. The first-order chi connectivity index (χ1) is 12.4. The summed E-state index contributed by atoms with van der Waals surface area (Å²) < 4.78 is 24.6. The fourth-order valence-corrected chi connectivity index (χ4v) is 5.27. The monoisotopic (exact) mass is 406 g/mol.